The standard InChI is InChI=1S/C14H22N2O4S2/c1-14(2,3)21(18)10-9-15-13(17)11-7-5-6-8-12(11)16-22(4,19)20/h5-8,16H,9-10H2,1-4H3,(H,15,17). The van der Waals surface area contributed by atoms with Gasteiger partial charge in [-0.1, -0.05) is 12.1 Å². The molecule has 0 bridgehead atoms. The van der Waals surface area contributed by atoms with Crippen LogP contribution in [0, 0.1) is 0 Å². The maximum Gasteiger partial charge on any atom is 0.253 e. The van der Waals surface area contributed by atoms with Crippen molar-refractivity contribution in [2.45, 2.75) is 25.5 Å². The Labute approximate surface area is 134 Å². The average Bonchev–Trinajstić information content (AvgIpc) is 2.36. The van der Waals surface area contributed by atoms with Crippen LogP contribution in [0.4, 0.5) is 5.69 Å². The largest absolute Gasteiger partial charge is 0.351 e. The summed E-state index contributed by atoms with van der Waals surface area (Å²) in [6.45, 7) is 5.87. The molecule has 1 aromatic rings. The highest BCUT2D eigenvalue weighted by atomic mass is 32.2. The minimum atomic E-state index is -3.47. The number of hydrogen-bond donors (Lipinski definition) is 2. The van der Waals surface area contributed by atoms with Crippen LogP contribution in [0.25, 0.3) is 0 Å². The van der Waals surface area contributed by atoms with E-state index in [0.29, 0.717) is 5.75 Å². The fraction of sp³-hybridized carbons (Fsp3) is 0.500. The summed E-state index contributed by atoms with van der Waals surface area (Å²) in [6, 6.07) is 6.33. The molecule has 1 amide bonds. The average molecular weight is 346 g/mol. The molecule has 0 heterocycles. The number of carbonyl (C=O) groups is 1. The molecule has 0 aliphatic heterocycles. The Bertz CT molecular complexity index is 664. The van der Waals surface area contributed by atoms with Gasteiger partial charge in [0.05, 0.1) is 17.5 Å². The molecule has 6 nitrogen and oxygen atoms in total. The first-order chi connectivity index (χ1) is 10.0. The van der Waals surface area contributed by atoms with Gasteiger partial charge in [0, 0.05) is 27.8 Å². The van der Waals surface area contributed by atoms with E-state index in [1.807, 2.05) is 20.8 Å². The summed E-state index contributed by atoms with van der Waals surface area (Å²) in [7, 11) is -4.52. The molecule has 0 saturated heterocycles. The Morgan fingerprint density at radius 3 is 2.36 bits per heavy atom. The van der Waals surface area contributed by atoms with Crippen molar-refractivity contribution >= 4 is 32.4 Å². The van der Waals surface area contributed by atoms with Crippen molar-refractivity contribution in [2.24, 2.45) is 0 Å². The lowest BCUT2D eigenvalue weighted by Crippen LogP contribution is -2.33. The Balaban J connectivity index is 2.73. The lowest BCUT2D eigenvalue weighted by molar-refractivity contribution is 0.0957. The zero-order valence-electron chi connectivity index (χ0n) is 13.2. The van der Waals surface area contributed by atoms with Crippen molar-refractivity contribution in [3.8, 4) is 0 Å². The number of nitrogens with one attached hydrogen (secondary N) is 2. The van der Waals surface area contributed by atoms with E-state index < -0.39 is 26.7 Å². The van der Waals surface area contributed by atoms with Gasteiger partial charge in [0.15, 0.2) is 0 Å². The molecular weight excluding hydrogens is 324 g/mol. The molecule has 0 saturated carbocycles. The second-order valence-corrected chi connectivity index (χ2v) is 9.91. The van der Waals surface area contributed by atoms with Gasteiger partial charge in [0.25, 0.3) is 5.91 Å². The summed E-state index contributed by atoms with van der Waals surface area (Å²) in [6.07, 6.45) is 1.02. The maximum absolute atomic E-state index is 12.1. The summed E-state index contributed by atoms with van der Waals surface area (Å²) >= 11 is 0. The second kappa shape index (κ2) is 7.23. The number of amides is 1. The summed E-state index contributed by atoms with van der Waals surface area (Å²) < 4.78 is 36.5. The summed E-state index contributed by atoms with van der Waals surface area (Å²) in [5, 5.41) is 2.66. The van der Waals surface area contributed by atoms with Crippen molar-refractivity contribution < 1.29 is 17.4 Å². The van der Waals surface area contributed by atoms with Crippen LogP contribution in [0.5, 0.6) is 0 Å². The van der Waals surface area contributed by atoms with Gasteiger partial charge in [-0.2, -0.15) is 0 Å². The lowest BCUT2D eigenvalue weighted by Gasteiger charge is -2.18. The molecule has 1 unspecified atom stereocenters. The van der Waals surface area contributed by atoms with Gasteiger partial charge in [0.1, 0.15) is 0 Å². The zero-order chi connectivity index (χ0) is 17.0. The number of anilines is 1. The minimum absolute atomic E-state index is 0.222. The van der Waals surface area contributed by atoms with Crippen molar-refractivity contribution in [1.82, 2.24) is 5.32 Å². The first-order valence-corrected chi connectivity index (χ1v) is 9.95. The molecule has 1 aromatic carbocycles. The maximum atomic E-state index is 12.1. The fourth-order valence-electron chi connectivity index (χ4n) is 1.63. The van der Waals surface area contributed by atoms with Crippen molar-refractivity contribution in [3.63, 3.8) is 0 Å². The van der Waals surface area contributed by atoms with Gasteiger partial charge in [-0.3, -0.25) is 13.7 Å². The van der Waals surface area contributed by atoms with Crippen LogP contribution in [-0.4, -0.2) is 41.8 Å². The van der Waals surface area contributed by atoms with Gasteiger partial charge in [-0.25, -0.2) is 8.42 Å². The molecule has 0 aliphatic carbocycles. The first kappa shape index (κ1) is 18.6. The number of para-hydroxylation sites is 1. The van der Waals surface area contributed by atoms with Crippen LogP contribution in [0.2, 0.25) is 0 Å². The molecule has 0 spiro atoms. The highest BCUT2D eigenvalue weighted by molar-refractivity contribution is 7.92. The Morgan fingerprint density at radius 2 is 1.82 bits per heavy atom. The van der Waals surface area contributed by atoms with Gasteiger partial charge in [0.2, 0.25) is 10.0 Å². The quantitative estimate of drug-likeness (QED) is 0.813. The van der Waals surface area contributed by atoms with Crippen LogP contribution in [-0.2, 0) is 20.8 Å². The zero-order valence-corrected chi connectivity index (χ0v) is 14.8. The van der Waals surface area contributed by atoms with Gasteiger partial charge in [-0.15, -0.1) is 0 Å². The van der Waals surface area contributed by atoms with E-state index in [9.17, 15) is 17.4 Å². The normalized spacial score (nSPS) is 13.5. The van der Waals surface area contributed by atoms with Gasteiger partial charge in [-0.05, 0) is 32.9 Å². The highest BCUT2D eigenvalue weighted by Crippen LogP contribution is 2.16. The predicted molar refractivity (Wildman–Crippen MR) is 90.0 cm³/mol. The van der Waals surface area contributed by atoms with Crippen LogP contribution >= 0.6 is 0 Å². The third-order valence-electron chi connectivity index (χ3n) is 2.72. The van der Waals surface area contributed by atoms with E-state index in [1.165, 1.54) is 12.1 Å². The third kappa shape index (κ3) is 6.15. The molecule has 22 heavy (non-hydrogen) atoms. The first-order valence-electron chi connectivity index (χ1n) is 6.74. The van der Waals surface area contributed by atoms with Crippen LogP contribution in [0.15, 0.2) is 24.3 Å². The van der Waals surface area contributed by atoms with Crippen LogP contribution in [0.3, 0.4) is 0 Å². The van der Waals surface area contributed by atoms with E-state index in [2.05, 4.69) is 10.0 Å². The lowest BCUT2D eigenvalue weighted by atomic mass is 10.2. The van der Waals surface area contributed by atoms with Crippen LogP contribution in [0.1, 0.15) is 31.1 Å². The third-order valence-corrected chi connectivity index (χ3v) is 5.25. The van der Waals surface area contributed by atoms with E-state index in [1.54, 1.807) is 12.1 Å². The number of rotatable bonds is 6. The van der Waals surface area contributed by atoms with Crippen molar-refractivity contribution in [1.29, 1.82) is 0 Å². The molecule has 124 valence electrons. The summed E-state index contributed by atoms with van der Waals surface area (Å²) in [4.78, 5) is 12.1. The van der Waals surface area contributed by atoms with Crippen molar-refractivity contribution in [3.05, 3.63) is 29.8 Å². The Kier molecular flexibility index (Phi) is 6.13. The topological polar surface area (TPSA) is 92.3 Å². The molecule has 8 heteroatoms. The number of carbonyl (C=O) groups excluding carboxylic acids is 1. The summed E-state index contributed by atoms with van der Waals surface area (Å²) in [5.41, 5.74) is 0.453. The smallest absolute Gasteiger partial charge is 0.253 e. The molecule has 0 radical (unpaired) electrons. The molecule has 0 aliphatic rings. The SMILES string of the molecule is CC(C)(C)S(=O)CCNC(=O)c1ccccc1NS(C)(=O)=O. The second-order valence-electron chi connectivity index (χ2n) is 5.84. The highest BCUT2D eigenvalue weighted by Gasteiger charge is 2.19. The minimum Gasteiger partial charge on any atom is -0.351 e. The Hall–Kier alpha value is -1.41. The van der Waals surface area contributed by atoms with E-state index in [4.69, 9.17) is 0 Å². The molecule has 2 N–H and O–H groups in total. The van der Waals surface area contributed by atoms with E-state index in [-0.39, 0.29) is 22.5 Å². The van der Waals surface area contributed by atoms with Crippen LogP contribution < -0.4 is 10.0 Å². The molecule has 0 fully saturated rings. The summed E-state index contributed by atoms with van der Waals surface area (Å²) in [5.74, 6) is -0.0608. The number of sulfonamides is 1. The number of hydrogen-bond acceptors (Lipinski definition) is 4. The van der Waals surface area contributed by atoms with Crippen molar-refractivity contribution in [2.75, 3.05) is 23.3 Å². The number of benzene rings is 1. The fourth-order valence-corrected chi connectivity index (χ4v) is 3.11. The molecular formula is C14H22N2O4S2. The van der Waals surface area contributed by atoms with Gasteiger partial charge < -0.3 is 5.32 Å². The van der Waals surface area contributed by atoms with E-state index in [0.717, 1.165) is 6.26 Å². The molecule has 1 atom stereocenters. The molecule has 1 rings (SSSR count). The molecule has 0 aromatic heterocycles. The van der Waals surface area contributed by atoms with Gasteiger partial charge >= 0.3 is 0 Å². The Morgan fingerprint density at radius 1 is 1.23 bits per heavy atom. The monoisotopic (exact) mass is 346 g/mol. The van der Waals surface area contributed by atoms with E-state index >= 15 is 0 Å². The predicted octanol–water partition coefficient (Wildman–Crippen LogP) is 1.34.